The molecular formula is C8H24N2Na2O8. The second kappa shape index (κ2) is 42.8. The van der Waals surface area contributed by atoms with Crippen LogP contribution in [0.5, 0.6) is 0 Å². The summed E-state index contributed by atoms with van der Waals surface area (Å²) in [5.74, 6) is -3.33. The van der Waals surface area contributed by atoms with Gasteiger partial charge in [0.1, 0.15) is 0 Å². The Kier molecular flexibility index (Phi) is 108. The first-order chi connectivity index (χ1) is 6.93. The van der Waals surface area contributed by atoms with Crippen LogP contribution in [0.15, 0.2) is 0 Å². The monoisotopic (exact) mass is 322 g/mol. The van der Waals surface area contributed by atoms with Crippen molar-refractivity contribution >= 4 is 83.0 Å². The zero-order chi connectivity index (χ0) is 14.3. The summed E-state index contributed by atoms with van der Waals surface area (Å²) < 4.78 is 0. The molecule has 0 aromatic rings. The van der Waals surface area contributed by atoms with Crippen molar-refractivity contribution in [1.29, 1.82) is 0 Å². The Balaban J connectivity index is -0.0000000150. The Morgan fingerprint density at radius 3 is 0.500 bits per heavy atom. The van der Waals surface area contributed by atoms with Crippen LogP contribution in [0.1, 0.15) is 27.7 Å². The molecule has 0 aliphatic carbocycles. The van der Waals surface area contributed by atoms with Crippen molar-refractivity contribution in [3.8, 4) is 0 Å². The minimum atomic E-state index is -0.833. The van der Waals surface area contributed by atoms with Gasteiger partial charge in [0.15, 0.2) is 0 Å². The van der Waals surface area contributed by atoms with Crippen molar-refractivity contribution in [2.24, 2.45) is 0 Å². The maximum atomic E-state index is 9.00. The van der Waals surface area contributed by atoms with Gasteiger partial charge in [-0.25, -0.2) is 0 Å². The van der Waals surface area contributed by atoms with Crippen LogP contribution in [-0.4, -0.2) is 103 Å². The molecule has 0 fully saturated rings. The first kappa shape index (κ1) is 50.3. The topological polar surface area (TPSA) is 219 Å². The number of carboxylic acids is 4. The van der Waals surface area contributed by atoms with Gasteiger partial charge in [-0.2, -0.15) is 0 Å². The average Bonchev–Trinajstić information content (AvgIpc) is 1.76. The molecule has 0 saturated heterocycles. The maximum absolute atomic E-state index is 9.00. The molecule has 0 saturated carbocycles. The molecule has 10 nitrogen and oxygen atoms in total. The van der Waals surface area contributed by atoms with Crippen LogP contribution in [0.2, 0.25) is 0 Å². The third-order valence-electron chi connectivity index (χ3n) is 0. The van der Waals surface area contributed by atoms with Crippen LogP contribution < -0.4 is 12.3 Å². The quantitative estimate of drug-likeness (QED) is 0.310. The fourth-order valence-electron chi connectivity index (χ4n) is 0. The molecule has 0 aliphatic rings. The molecule has 0 atom stereocenters. The molecule has 20 heavy (non-hydrogen) atoms. The second-order valence-electron chi connectivity index (χ2n) is 2.08. The zero-order valence-corrected chi connectivity index (χ0v) is 10.8. The molecule has 0 aromatic carbocycles. The molecule has 12 heteroatoms. The van der Waals surface area contributed by atoms with Crippen LogP contribution in [0.3, 0.4) is 0 Å². The SMILES string of the molecule is CC(=O)O.CC(=O)O.CC(=O)O.CC(=O)O.N.N.[NaH].[NaH]. The van der Waals surface area contributed by atoms with Crippen molar-refractivity contribution < 1.29 is 39.6 Å². The zero-order valence-electron chi connectivity index (χ0n) is 10.8. The van der Waals surface area contributed by atoms with E-state index in [-0.39, 0.29) is 71.4 Å². The Hall–Kier alpha value is -0.200. The van der Waals surface area contributed by atoms with Crippen LogP contribution in [0, 0.1) is 0 Å². The Morgan fingerprint density at radius 1 is 0.500 bits per heavy atom. The van der Waals surface area contributed by atoms with Gasteiger partial charge in [-0.3, -0.25) is 19.2 Å². The van der Waals surface area contributed by atoms with E-state index in [9.17, 15) is 0 Å². The molecule has 0 amide bonds. The number of carboxylic acid groups (broad SMARTS) is 4. The standard InChI is InChI=1S/4C2H4O2.2H3N.2Na.2H/c4*1-2(3)4;;;;;;/h4*1H3,(H,3,4);2*1H3;;;;. The molecule has 0 aromatic heterocycles. The first-order valence-electron chi connectivity index (χ1n) is 3.71. The Bertz CT molecular complexity index is 175. The average molecular weight is 322 g/mol. The van der Waals surface area contributed by atoms with E-state index in [2.05, 4.69) is 0 Å². The van der Waals surface area contributed by atoms with E-state index in [1.54, 1.807) is 0 Å². The summed E-state index contributed by atoms with van der Waals surface area (Å²) in [5.41, 5.74) is 0. The van der Waals surface area contributed by atoms with E-state index >= 15 is 0 Å². The summed E-state index contributed by atoms with van der Waals surface area (Å²) in [6, 6.07) is 0. The molecule has 0 radical (unpaired) electrons. The number of aliphatic carboxylic acids is 4. The summed E-state index contributed by atoms with van der Waals surface area (Å²) in [5, 5.41) is 29.7. The third kappa shape index (κ3) is 126000. The van der Waals surface area contributed by atoms with Crippen LogP contribution in [0.25, 0.3) is 0 Å². The van der Waals surface area contributed by atoms with Crippen molar-refractivity contribution in [2.75, 3.05) is 0 Å². The minimum absolute atomic E-state index is 0. The van der Waals surface area contributed by atoms with Gasteiger partial charge in [0.2, 0.25) is 0 Å². The number of rotatable bonds is 0. The van der Waals surface area contributed by atoms with Gasteiger partial charge in [-0.1, -0.05) is 0 Å². The molecule has 0 unspecified atom stereocenters. The first-order valence-corrected chi connectivity index (χ1v) is 3.71. The van der Waals surface area contributed by atoms with Gasteiger partial charge < -0.3 is 32.7 Å². The fraction of sp³-hybridized carbons (Fsp3) is 0.500. The van der Waals surface area contributed by atoms with E-state index in [1.165, 1.54) is 0 Å². The van der Waals surface area contributed by atoms with Gasteiger partial charge in [0, 0.05) is 27.7 Å². The van der Waals surface area contributed by atoms with Crippen LogP contribution >= 0.6 is 0 Å². The van der Waals surface area contributed by atoms with Gasteiger partial charge in [-0.15, -0.1) is 0 Å². The second-order valence-corrected chi connectivity index (χ2v) is 2.08. The third-order valence-corrected chi connectivity index (χ3v) is 0. The summed E-state index contributed by atoms with van der Waals surface area (Å²) >= 11 is 0. The van der Waals surface area contributed by atoms with E-state index in [4.69, 9.17) is 39.6 Å². The molecular weight excluding hydrogens is 298 g/mol. The summed E-state index contributed by atoms with van der Waals surface area (Å²) in [4.78, 5) is 36.0. The molecule has 0 aliphatic heterocycles. The molecule has 0 heterocycles. The molecule has 0 spiro atoms. The van der Waals surface area contributed by atoms with Crippen molar-refractivity contribution in [1.82, 2.24) is 12.3 Å². The summed E-state index contributed by atoms with van der Waals surface area (Å²) in [6.07, 6.45) is 0. The van der Waals surface area contributed by atoms with E-state index < -0.39 is 23.9 Å². The number of hydrogen-bond donors (Lipinski definition) is 6. The van der Waals surface area contributed by atoms with Crippen molar-refractivity contribution in [2.45, 2.75) is 27.7 Å². The van der Waals surface area contributed by atoms with Crippen molar-refractivity contribution in [3.05, 3.63) is 0 Å². The Labute approximate surface area is 161 Å². The Morgan fingerprint density at radius 2 is 0.500 bits per heavy atom. The normalized spacial score (nSPS) is 5.00. The van der Waals surface area contributed by atoms with Crippen molar-refractivity contribution in [3.63, 3.8) is 0 Å². The van der Waals surface area contributed by atoms with E-state index in [0.29, 0.717) is 0 Å². The van der Waals surface area contributed by atoms with Crippen LogP contribution in [-0.2, 0) is 19.2 Å². The molecule has 10 N–H and O–H groups in total. The number of carbonyl (C=O) groups is 4. The van der Waals surface area contributed by atoms with Crippen LogP contribution in [0.4, 0.5) is 0 Å². The fourth-order valence-corrected chi connectivity index (χ4v) is 0. The molecule has 0 rings (SSSR count). The molecule has 116 valence electrons. The van der Waals surface area contributed by atoms with Gasteiger partial charge in [0.25, 0.3) is 23.9 Å². The summed E-state index contributed by atoms with van der Waals surface area (Å²) in [7, 11) is 0. The summed E-state index contributed by atoms with van der Waals surface area (Å²) in [6.45, 7) is 4.33. The van der Waals surface area contributed by atoms with E-state index in [1.807, 2.05) is 0 Å². The van der Waals surface area contributed by atoms with Gasteiger partial charge in [-0.05, 0) is 0 Å². The number of hydrogen-bond acceptors (Lipinski definition) is 6. The van der Waals surface area contributed by atoms with Gasteiger partial charge in [0.05, 0.1) is 0 Å². The van der Waals surface area contributed by atoms with Gasteiger partial charge >= 0.3 is 59.1 Å². The predicted octanol–water partition coefficient (Wildman–Crippen LogP) is -0.609. The predicted molar refractivity (Wildman–Crippen MR) is 77.6 cm³/mol. The van der Waals surface area contributed by atoms with E-state index in [0.717, 1.165) is 27.7 Å². The molecule has 0 bridgehead atoms.